The molecule has 0 saturated heterocycles. The third-order valence-corrected chi connectivity index (χ3v) is 2.29. The summed E-state index contributed by atoms with van der Waals surface area (Å²) in [6, 6.07) is 4.00. The maximum Gasteiger partial charge on any atom is 0.321 e. The quantitative estimate of drug-likeness (QED) is 0.855. The molecule has 0 bridgehead atoms. The molecule has 0 aromatic heterocycles. The van der Waals surface area contributed by atoms with E-state index >= 15 is 0 Å². The molecule has 1 aromatic carbocycles. The van der Waals surface area contributed by atoms with E-state index in [9.17, 15) is 14.0 Å². The van der Waals surface area contributed by atoms with Gasteiger partial charge in [-0.2, -0.15) is 0 Å². The molecule has 0 aliphatic heterocycles. The lowest BCUT2D eigenvalue weighted by atomic mass is 10.2. The molecular formula is C12H15FN2O3. The first-order valence-electron chi connectivity index (χ1n) is 5.40. The predicted octanol–water partition coefficient (Wildman–Crippen LogP) is 1.36. The van der Waals surface area contributed by atoms with Gasteiger partial charge in [0.2, 0.25) is 0 Å². The fraction of sp³-hybridized carbons (Fsp3) is 0.333. The Kier molecular flexibility index (Phi) is 4.65. The molecule has 6 heteroatoms. The Morgan fingerprint density at radius 3 is 2.67 bits per heavy atom. The van der Waals surface area contributed by atoms with Crippen molar-refractivity contribution in [3.8, 4) is 5.75 Å². The number of nitrogens with one attached hydrogen (secondary N) is 2. The van der Waals surface area contributed by atoms with Crippen LogP contribution in [-0.2, 0) is 4.79 Å². The summed E-state index contributed by atoms with van der Waals surface area (Å²) in [5.74, 6) is -1.18. The zero-order valence-electron chi connectivity index (χ0n) is 10.4. The molecule has 1 atom stereocenters. The number of benzene rings is 1. The summed E-state index contributed by atoms with van der Waals surface area (Å²) in [6.45, 7) is 3.03. The molecule has 0 radical (unpaired) electrons. The van der Waals surface area contributed by atoms with Crippen molar-refractivity contribution in [1.29, 1.82) is 0 Å². The topological polar surface area (TPSA) is 67.4 Å². The Hall–Kier alpha value is -2.11. The first-order chi connectivity index (χ1) is 8.45. The minimum atomic E-state index is -0.974. The first-order valence-corrected chi connectivity index (χ1v) is 5.40. The number of rotatable bonds is 3. The van der Waals surface area contributed by atoms with Crippen molar-refractivity contribution in [2.45, 2.75) is 20.0 Å². The maximum atomic E-state index is 13.6. The molecule has 0 fully saturated rings. The minimum Gasteiger partial charge on any atom is -0.478 e. The fourth-order valence-electron chi connectivity index (χ4n) is 1.23. The van der Waals surface area contributed by atoms with Gasteiger partial charge in [-0.15, -0.1) is 0 Å². The number of imide groups is 1. The summed E-state index contributed by atoms with van der Waals surface area (Å²) >= 11 is 0. The minimum absolute atomic E-state index is 0.0189. The Morgan fingerprint density at radius 2 is 2.06 bits per heavy atom. The van der Waals surface area contributed by atoms with Gasteiger partial charge in [0, 0.05) is 7.05 Å². The molecule has 3 amide bonds. The van der Waals surface area contributed by atoms with Gasteiger partial charge in [-0.25, -0.2) is 9.18 Å². The van der Waals surface area contributed by atoms with Gasteiger partial charge in [-0.05, 0) is 25.5 Å². The average Bonchev–Trinajstić information content (AvgIpc) is 2.34. The second-order valence-electron chi connectivity index (χ2n) is 3.72. The van der Waals surface area contributed by atoms with Crippen LogP contribution in [0.1, 0.15) is 12.5 Å². The van der Waals surface area contributed by atoms with Crippen LogP contribution >= 0.6 is 0 Å². The lowest BCUT2D eigenvalue weighted by molar-refractivity contribution is -0.126. The first kappa shape index (κ1) is 14.0. The number of ether oxygens (including phenoxy) is 1. The Morgan fingerprint density at radius 1 is 1.39 bits per heavy atom. The number of amides is 3. The lowest BCUT2D eigenvalue weighted by Crippen LogP contribution is -2.44. The second kappa shape index (κ2) is 6.00. The molecule has 0 saturated carbocycles. The molecule has 98 valence electrons. The maximum absolute atomic E-state index is 13.6. The number of urea groups is 1. The monoisotopic (exact) mass is 254 g/mol. The van der Waals surface area contributed by atoms with Crippen LogP contribution in [0.3, 0.4) is 0 Å². The highest BCUT2D eigenvalue weighted by atomic mass is 19.1. The van der Waals surface area contributed by atoms with E-state index in [2.05, 4.69) is 5.32 Å². The summed E-state index contributed by atoms with van der Waals surface area (Å²) in [4.78, 5) is 22.4. The van der Waals surface area contributed by atoms with Gasteiger partial charge in [0.05, 0.1) is 0 Å². The Labute approximate surface area is 104 Å². The molecular weight excluding hydrogens is 239 g/mol. The zero-order chi connectivity index (χ0) is 13.7. The van der Waals surface area contributed by atoms with E-state index in [1.165, 1.54) is 20.0 Å². The highest BCUT2D eigenvalue weighted by molar-refractivity contribution is 5.96. The van der Waals surface area contributed by atoms with Crippen LogP contribution in [-0.4, -0.2) is 25.1 Å². The molecule has 18 heavy (non-hydrogen) atoms. The number of carbonyl (C=O) groups excluding carboxylic acids is 2. The summed E-state index contributed by atoms with van der Waals surface area (Å²) < 4.78 is 18.8. The highest BCUT2D eigenvalue weighted by Gasteiger charge is 2.18. The average molecular weight is 254 g/mol. The van der Waals surface area contributed by atoms with Crippen molar-refractivity contribution >= 4 is 11.9 Å². The molecule has 0 aliphatic rings. The van der Waals surface area contributed by atoms with E-state index in [-0.39, 0.29) is 5.75 Å². The van der Waals surface area contributed by atoms with Crippen LogP contribution in [0.4, 0.5) is 9.18 Å². The third-order valence-electron chi connectivity index (χ3n) is 2.29. The number of aryl methyl sites for hydroxylation is 1. The van der Waals surface area contributed by atoms with E-state index in [0.29, 0.717) is 5.56 Å². The van der Waals surface area contributed by atoms with Gasteiger partial charge in [-0.1, -0.05) is 12.1 Å². The second-order valence-corrected chi connectivity index (χ2v) is 3.72. The van der Waals surface area contributed by atoms with Crippen LogP contribution in [0.2, 0.25) is 0 Å². The number of halogens is 1. The van der Waals surface area contributed by atoms with Crippen LogP contribution < -0.4 is 15.4 Å². The standard InChI is InChI=1S/C12H15FN2O3/c1-7-5-4-6-9(10(7)13)18-8(2)11(16)15-12(17)14-3/h4-6,8H,1-3H3,(H2,14,15,16,17). The number of hydrogen-bond acceptors (Lipinski definition) is 3. The smallest absolute Gasteiger partial charge is 0.321 e. The molecule has 5 nitrogen and oxygen atoms in total. The number of hydrogen-bond donors (Lipinski definition) is 2. The molecule has 1 rings (SSSR count). The van der Waals surface area contributed by atoms with Gasteiger partial charge >= 0.3 is 6.03 Å². The van der Waals surface area contributed by atoms with Gasteiger partial charge in [0.1, 0.15) is 0 Å². The van der Waals surface area contributed by atoms with E-state index in [1.54, 1.807) is 19.1 Å². The van der Waals surface area contributed by atoms with Gasteiger partial charge in [-0.3, -0.25) is 10.1 Å². The molecule has 0 spiro atoms. The van der Waals surface area contributed by atoms with Gasteiger partial charge in [0.15, 0.2) is 17.7 Å². The summed E-state index contributed by atoms with van der Waals surface area (Å²) in [5, 5.41) is 4.28. The summed E-state index contributed by atoms with van der Waals surface area (Å²) in [6.07, 6.45) is -0.974. The predicted molar refractivity (Wildman–Crippen MR) is 63.8 cm³/mol. The van der Waals surface area contributed by atoms with Crippen LogP contribution in [0.25, 0.3) is 0 Å². The molecule has 2 N–H and O–H groups in total. The van der Waals surface area contributed by atoms with Gasteiger partial charge < -0.3 is 10.1 Å². The lowest BCUT2D eigenvalue weighted by Gasteiger charge is -2.15. The van der Waals surface area contributed by atoms with E-state index < -0.39 is 23.9 Å². The zero-order valence-corrected chi connectivity index (χ0v) is 10.4. The molecule has 0 heterocycles. The SMILES string of the molecule is CNC(=O)NC(=O)C(C)Oc1cccc(C)c1F. The fourth-order valence-corrected chi connectivity index (χ4v) is 1.23. The Balaban J connectivity index is 2.69. The molecule has 1 unspecified atom stereocenters. The molecule has 1 aromatic rings. The van der Waals surface area contributed by atoms with E-state index in [4.69, 9.17) is 4.74 Å². The van der Waals surface area contributed by atoms with Crippen LogP contribution in [0, 0.1) is 12.7 Å². The van der Waals surface area contributed by atoms with Crippen molar-refractivity contribution in [2.24, 2.45) is 0 Å². The van der Waals surface area contributed by atoms with Crippen LogP contribution in [0.15, 0.2) is 18.2 Å². The molecule has 0 aliphatic carbocycles. The largest absolute Gasteiger partial charge is 0.478 e. The van der Waals surface area contributed by atoms with E-state index in [0.717, 1.165) is 0 Å². The third kappa shape index (κ3) is 3.44. The van der Waals surface area contributed by atoms with Crippen LogP contribution in [0.5, 0.6) is 5.75 Å². The summed E-state index contributed by atoms with van der Waals surface area (Å²) in [7, 11) is 1.38. The van der Waals surface area contributed by atoms with Crippen molar-refractivity contribution in [3.63, 3.8) is 0 Å². The highest BCUT2D eigenvalue weighted by Crippen LogP contribution is 2.20. The van der Waals surface area contributed by atoms with Crippen molar-refractivity contribution < 1.29 is 18.7 Å². The van der Waals surface area contributed by atoms with E-state index in [1.807, 2.05) is 5.32 Å². The Bertz CT molecular complexity index is 463. The van der Waals surface area contributed by atoms with Gasteiger partial charge in [0.25, 0.3) is 5.91 Å². The normalized spacial score (nSPS) is 11.6. The van der Waals surface area contributed by atoms with Crippen molar-refractivity contribution in [1.82, 2.24) is 10.6 Å². The number of carbonyl (C=O) groups is 2. The van der Waals surface area contributed by atoms with Crippen molar-refractivity contribution in [2.75, 3.05) is 7.05 Å². The summed E-state index contributed by atoms with van der Waals surface area (Å²) in [5.41, 5.74) is 0.423. The van der Waals surface area contributed by atoms with Crippen molar-refractivity contribution in [3.05, 3.63) is 29.6 Å².